The van der Waals surface area contributed by atoms with Gasteiger partial charge in [0.05, 0.1) is 18.8 Å². The second-order valence-corrected chi connectivity index (χ2v) is 6.26. The van der Waals surface area contributed by atoms with Gasteiger partial charge in [0.1, 0.15) is 11.9 Å². The molecule has 0 aliphatic rings. The van der Waals surface area contributed by atoms with Gasteiger partial charge in [-0.2, -0.15) is 0 Å². The van der Waals surface area contributed by atoms with Gasteiger partial charge in [-0.15, -0.1) is 11.3 Å². The van der Waals surface area contributed by atoms with Gasteiger partial charge in [-0.1, -0.05) is 12.1 Å². The third-order valence-corrected chi connectivity index (χ3v) is 4.34. The molecule has 1 atom stereocenters. The average Bonchev–Trinajstić information content (AvgIpc) is 2.96. The first kappa shape index (κ1) is 17.3. The Bertz CT molecular complexity index is 642. The molecular formula is C17H22N2O3S. The van der Waals surface area contributed by atoms with Crippen molar-refractivity contribution in [2.75, 3.05) is 25.6 Å². The monoisotopic (exact) mass is 334 g/mol. The van der Waals surface area contributed by atoms with Crippen molar-refractivity contribution in [3.63, 3.8) is 0 Å². The van der Waals surface area contributed by atoms with E-state index in [1.165, 1.54) is 4.88 Å². The number of rotatable bonds is 7. The molecule has 1 heterocycles. The summed E-state index contributed by atoms with van der Waals surface area (Å²) in [5, 5.41) is 5.64. The molecule has 0 spiro atoms. The summed E-state index contributed by atoms with van der Waals surface area (Å²) in [6.07, 6.45) is -0.151. The number of hydrogen-bond donors (Lipinski definition) is 2. The molecule has 124 valence electrons. The number of anilines is 1. The standard InChI is InChI=1S/C17H22N2O3S/c1-4-22-14-8-6-5-7-13(14)19-17(20)18-11-15(21-3)16-10-9-12(2)23-16/h5-10,15H,4,11H2,1-3H3,(H2,18,19,20). The molecule has 1 unspecified atom stereocenters. The molecule has 1 aromatic heterocycles. The van der Waals surface area contributed by atoms with Gasteiger partial charge in [-0.05, 0) is 38.1 Å². The minimum absolute atomic E-state index is 0.151. The van der Waals surface area contributed by atoms with E-state index in [2.05, 4.69) is 10.6 Å². The molecule has 0 saturated heterocycles. The highest BCUT2D eigenvalue weighted by molar-refractivity contribution is 7.12. The molecule has 1 aromatic carbocycles. The van der Waals surface area contributed by atoms with Crippen LogP contribution in [-0.4, -0.2) is 26.3 Å². The highest BCUT2D eigenvalue weighted by Gasteiger charge is 2.14. The SMILES string of the molecule is CCOc1ccccc1NC(=O)NCC(OC)c1ccc(C)s1. The van der Waals surface area contributed by atoms with E-state index in [-0.39, 0.29) is 12.1 Å². The van der Waals surface area contributed by atoms with Crippen molar-refractivity contribution >= 4 is 23.1 Å². The number of ether oxygens (including phenoxy) is 2. The summed E-state index contributed by atoms with van der Waals surface area (Å²) in [6.45, 7) is 4.90. The largest absolute Gasteiger partial charge is 0.492 e. The first-order valence-corrected chi connectivity index (χ1v) is 8.31. The summed E-state index contributed by atoms with van der Waals surface area (Å²) in [6, 6.07) is 11.1. The molecule has 23 heavy (non-hydrogen) atoms. The lowest BCUT2D eigenvalue weighted by Gasteiger charge is -2.16. The van der Waals surface area contributed by atoms with Crippen LogP contribution in [-0.2, 0) is 4.74 Å². The van der Waals surface area contributed by atoms with Crippen LogP contribution >= 0.6 is 11.3 Å². The molecule has 2 aromatic rings. The number of hydrogen-bond acceptors (Lipinski definition) is 4. The number of amides is 2. The van der Waals surface area contributed by atoms with E-state index in [1.54, 1.807) is 24.5 Å². The van der Waals surface area contributed by atoms with E-state index in [4.69, 9.17) is 9.47 Å². The molecule has 2 amide bonds. The Morgan fingerprint density at radius 1 is 1.26 bits per heavy atom. The zero-order chi connectivity index (χ0) is 16.7. The van der Waals surface area contributed by atoms with E-state index in [1.807, 2.05) is 44.2 Å². The fourth-order valence-electron chi connectivity index (χ4n) is 2.13. The lowest BCUT2D eigenvalue weighted by molar-refractivity contribution is 0.107. The lowest BCUT2D eigenvalue weighted by atomic mass is 10.3. The summed E-state index contributed by atoms with van der Waals surface area (Å²) in [7, 11) is 1.64. The van der Waals surface area contributed by atoms with E-state index < -0.39 is 0 Å². The number of methoxy groups -OCH3 is 1. The second kappa shape index (κ2) is 8.55. The van der Waals surface area contributed by atoms with Gasteiger partial charge in [-0.25, -0.2) is 4.79 Å². The van der Waals surface area contributed by atoms with Crippen LogP contribution in [0.25, 0.3) is 0 Å². The van der Waals surface area contributed by atoms with Crippen molar-refractivity contribution in [1.29, 1.82) is 0 Å². The lowest BCUT2D eigenvalue weighted by Crippen LogP contribution is -2.32. The number of urea groups is 1. The summed E-state index contributed by atoms with van der Waals surface area (Å²) in [5.74, 6) is 0.655. The molecule has 0 aliphatic heterocycles. The van der Waals surface area contributed by atoms with Crippen molar-refractivity contribution in [3.8, 4) is 5.75 Å². The number of nitrogens with one attached hydrogen (secondary N) is 2. The van der Waals surface area contributed by atoms with Crippen LogP contribution in [0, 0.1) is 6.92 Å². The van der Waals surface area contributed by atoms with Gasteiger partial charge in [0, 0.05) is 16.9 Å². The van der Waals surface area contributed by atoms with Crippen LogP contribution in [0.2, 0.25) is 0 Å². The molecule has 0 saturated carbocycles. The maximum atomic E-state index is 12.1. The minimum atomic E-state index is -0.285. The Hall–Kier alpha value is -2.05. The van der Waals surface area contributed by atoms with Gasteiger partial charge in [0.25, 0.3) is 0 Å². The van der Waals surface area contributed by atoms with E-state index in [0.717, 1.165) is 4.88 Å². The molecule has 2 rings (SSSR count). The predicted molar refractivity (Wildman–Crippen MR) is 93.4 cm³/mol. The summed E-state index contributed by atoms with van der Waals surface area (Å²) in [4.78, 5) is 14.4. The second-order valence-electron chi connectivity index (χ2n) is 4.94. The van der Waals surface area contributed by atoms with Crippen molar-refractivity contribution in [1.82, 2.24) is 5.32 Å². The van der Waals surface area contributed by atoms with Crippen LogP contribution in [0.4, 0.5) is 10.5 Å². The molecule has 0 radical (unpaired) electrons. The van der Waals surface area contributed by atoms with Crippen LogP contribution in [0.5, 0.6) is 5.75 Å². The van der Waals surface area contributed by atoms with Crippen molar-refractivity contribution < 1.29 is 14.3 Å². The third-order valence-electron chi connectivity index (χ3n) is 3.25. The van der Waals surface area contributed by atoms with Crippen LogP contribution in [0.1, 0.15) is 22.8 Å². The number of carbonyl (C=O) groups excluding carboxylic acids is 1. The fraction of sp³-hybridized carbons (Fsp3) is 0.353. The number of para-hydroxylation sites is 2. The minimum Gasteiger partial charge on any atom is -0.492 e. The Morgan fingerprint density at radius 3 is 2.70 bits per heavy atom. The zero-order valence-electron chi connectivity index (χ0n) is 13.6. The van der Waals surface area contributed by atoms with Crippen LogP contribution < -0.4 is 15.4 Å². The van der Waals surface area contributed by atoms with Crippen molar-refractivity contribution in [2.24, 2.45) is 0 Å². The molecule has 2 N–H and O–H groups in total. The van der Waals surface area contributed by atoms with Gasteiger partial charge in [0.2, 0.25) is 0 Å². The van der Waals surface area contributed by atoms with Gasteiger partial charge in [-0.3, -0.25) is 0 Å². The van der Waals surface area contributed by atoms with Gasteiger partial charge in [0.15, 0.2) is 0 Å². The Morgan fingerprint density at radius 2 is 2.04 bits per heavy atom. The molecule has 0 fully saturated rings. The first-order chi connectivity index (χ1) is 11.1. The summed E-state index contributed by atoms with van der Waals surface area (Å²) in [5.41, 5.74) is 0.646. The Balaban J connectivity index is 1.92. The maximum absolute atomic E-state index is 12.1. The quantitative estimate of drug-likeness (QED) is 0.805. The normalized spacial score (nSPS) is 11.8. The van der Waals surface area contributed by atoms with E-state index >= 15 is 0 Å². The number of carbonyl (C=O) groups is 1. The Kier molecular flexibility index (Phi) is 6.43. The first-order valence-electron chi connectivity index (χ1n) is 7.49. The summed E-state index contributed by atoms with van der Waals surface area (Å²) < 4.78 is 10.9. The average molecular weight is 334 g/mol. The topological polar surface area (TPSA) is 59.6 Å². The molecule has 0 aliphatic carbocycles. The Labute approximate surface area is 140 Å². The van der Waals surface area contributed by atoms with Crippen LogP contribution in [0.15, 0.2) is 36.4 Å². The van der Waals surface area contributed by atoms with Gasteiger partial charge < -0.3 is 20.1 Å². The summed E-state index contributed by atoms with van der Waals surface area (Å²) >= 11 is 1.67. The smallest absolute Gasteiger partial charge is 0.319 e. The molecule has 6 heteroatoms. The number of aryl methyl sites for hydroxylation is 1. The van der Waals surface area contributed by atoms with E-state index in [9.17, 15) is 4.79 Å². The molecule has 0 bridgehead atoms. The fourth-order valence-corrected chi connectivity index (χ4v) is 3.08. The number of benzene rings is 1. The van der Waals surface area contributed by atoms with E-state index in [0.29, 0.717) is 24.6 Å². The molecule has 5 nitrogen and oxygen atoms in total. The number of thiophene rings is 1. The highest BCUT2D eigenvalue weighted by Crippen LogP contribution is 2.25. The van der Waals surface area contributed by atoms with Crippen LogP contribution in [0.3, 0.4) is 0 Å². The highest BCUT2D eigenvalue weighted by atomic mass is 32.1. The zero-order valence-corrected chi connectivity index (χ0v) is 14.4. The van der Waals surface area contributed by atoms with Gasteiger partial charge >= 0.3 is 6.03 Å². The van der Waals surface area contributed by atoms with Crippen molar-refractivity contribution in [3.05, 3.63) is 46.2 Å². The molecular weight excluding hydrogens is 312 g/mol. The maximum Gasteiger partial charge on any atom is 0.319 e. The predicted octanol–water partition coefficient (Wildman–Crippen LogP) is 3.96. The third kappa shape index (κ3) is 4.97. The van der Waals surface area contributed by atoms with Crippen molar-refractivity contribution in [2.45, 2.75) is 20.0 Å².